The van der Waals surface area contributed by atoms with Crippen LogP contribution >= 0.6 is 11.6 Å². The first-order valence-corrected chi connectivity index (χ1v) is 6.22. The fourth-order valence-electron chi connectivity index (χ4n) is 2.21. The normalized spacial score (nSPS) is 13.1. The molecule has 19 heavy (non-hydrogen) atoms. The van der Waals surface area contributed by atoms with E-state index in [0.29, 0.717) is 5.02 Å². The molecule has 5 heteroatoms. The van der Waals surface area contributed by atoms with Crippen molar-refractivity contribution in [1.29, 1.82) is 0 Å². The number of aromatic nitrogens is 2. The number of fused-ring (bicyclic) bond motifs is 2. The Morgan fingerprint density at radius 3 is 2.89 bits per heavy atom. The number of hydrogen-bond acceptors (Lipinski definition) is 3. The van der Waals surface area contributed by atoms with Crippen molar-refractivity contribution in [2.24, 2.45) is 0 Å². The molecule has 0 atom stereocenters. The molecule has 4 nitrogen and oxygen atoms in total. The van der Waals surface area contributed by atoms with Gasteiger partial charge in [-0.2, -0.15) is 0 Å². The molecule has 0 amide bonds. The molecule has 1 aliphatic heterocycles. The number of halogens is 1. The molecule has 2 aromatic heterocycles. The molecule has 1 aromatic carbocycles. The Morgan fingerprint density at radius 1 is 1.11 bits per heavy atom. The average Bonchev–Trinajstić information content (AvgIpc) is 3.04. The van der Waals surface area contributed by atoms with Gasteiger partial charge < -0.3 is 14.5 Å². The smallest absolute Gasteiger partial charge is 0.231 e. The van der Waals surface area contributed by atoms with Gasteiger partial charge in [0.05, 0.1) is 5.02 Å². The molecular weight excluding hydrogens is 264 g/mol. The summed E-state index contributed by atoms with van der Waals surface area (Å²) in [6, 6.07) is 9.59. The predicted octanol–water partition coefficient (Wildman–Crippen LogP) is 3.61. The summed E-state index contributed by atoms with van der Waals surface area (Å²) < 4.78 is 10.7. The molecule has 0 saturated carbocycles. The van der Waals surface area contributed by atoms with Crippen molar-refractivity contribution in [3.8, 4) is 22.8 Å². The second-order valence-corrected chi connectivity index (χ2v) is 4.71. The van der Waals surface area contributed by atoms with Gasteiger partial charge in [0.1, 0.15) is 5.65 Å². The summed E-state index contributed by atoms with van der Waals surface area (Å²) in [5, 5.41) is 1.60. The van der Waals surface area contributed by atoms with Crippen LogP contribution in [0.2, 0.25) is 5.02 Å². The molecule has 1 N–H and O–H groups in total. The van der Waals surface area contributed by atoms with Crippen molar-refractivity contribution < 1.29 is 9.47 Å². The zero-order valence-electron chi connectivity index (χ0n) is 9.81. The van der Waals surface area contributed by atoms with Crippen LogP contribution in [0.3, 0.4) is 0 Å². The monoisotopic (exact) mass is 272 g/mol. The third kappa shape index (κ3) is 1.64. The molecule has 94 valence electrons. The van der Waals surface area contributed by atoms with Gasteiger partial charge in [-0.25, -0.2) is 4.98 Å². The highest BCUT2D eigenvalue weighted by molar-refractivity contribution is 6.35. The Labute approximate surface area is 113 Å². The number of pyridine rings is 1. The number of nitrogens with one attached hydrogen (secondary N) is 1. The van der Waals surface area contributed by atoms with Crippen LogP contribution in [0.25, 0.3) is 22.3 Å². The molecule has 0 fully saturated rings. The van der Waals surface area contributed by atoms with Crippen LogP contribution in [-0.4, -0.2) is 16.8 Å². The van der Waals surface area contributed by atoms with E-state index in [1.54, 1.807) is 12.3 Å². The van der Waals surface area contributed by atoms with E-state index in [2.05, 4.69) is 9.97 Å². The topological polar surface area (TPSA) is 47.1 Å². The van der Waals surface area contributed by atoms with E-state index in [1.807, 2.05) is 24.3 Å². The summed E-state index contributed by atoms with van der Waals surface area (Å²) >= 11 is 6.15. The maximum Gasteiger partial charge on any atom is 0.231 e. The first kappa shape index (κ1) is 10.7. The number of aromatic amines is 1. The van der Waals surface area contributed by atoms with Gasteiger partial charge in [0.25, 0.3) is 0 Å². The molecule has 0 unspecified atom stereocenters. The van der Waals surface area contributed by atoms with Gasteiger partial charge in [-0.15, -0.1) is 0 Å². The maximum atomic E-state index is 6.15. The van der Waals surface area contributed by atoms with E-state index < -0.39 is 0 Å². The highest BCUT2D eigenvalue weighted by atomic mass is 35.5. The summed E-state index contributed by atoms with van der Waals surface area (Å²) in [7, 11) is 0. The van der Waals surface area contributed by atoms with E-state index in [0.717, 1.165) is 33.8 Å². The quantitative estimate of drug-likeness (QED) is 0.736. The van der Waals surface area contributed by atoms with Gasteiger partial charge in [-0.05, 0) is 30.3 Å². The second-order valence-electron chi connectivity index (χ2n) is 4.31. The molecule has 0 spiro atoms. The van der Waals surface area contributed by atoms with Gasteiger partial charge in [0.2, 0.25) is 6.79 Å². The lowest BCUT2D eigenvalue weighted by atomic mass is 10.1. The summed E-state index contributed by atoms with van der Waals surface area (Å²) in [5.74, 6) is 1.53. The first-order valence-electron chi connectivity index (χ1n) is 5.84. The van der Waals surface area contributed by atoms with Gasteiger partial charge in [0.15, 0.2) is 11.5 Å². The van der Waals surface area contributed by atoms with Crippen molar-refractivity contribution in [3.05, 3.63) is 41.6 Å². The minimum atomic E-state index is 0.277. The Balaban J connectivity index is 1.88. The Bertz CT molecular complexity index is 782. The van der Waals surface area contributed by atoms with E-state index in [9.17, 15) is 0 Å². The Kier molecular flexibility index (Phi) is 2.19. The van der Waals surface area contributed by atoms with Crippen molar-refractivity contribution in [3.63, 3.8) is 0 Å². The number of ether oxygens (including phenoxy) is 2. The molecular formula is C14H9ClN2O2. The highest BCUT2D eigenvalue weighted by Crippen LogP contribution is 2.36. The molecule has 3 aromatic rings. The minimum absolute atomic E-state index is 0.277. The molecule has 4 rings (SSSR count). The number of nitrogens with zero attached hydrogens (tertiary/aromatic N) is 1. The second kappa shape index (κ2) is 3.90. The van der Waals surface area contributed by atoms with Gasteiger partial charge in [0, 0.05) is 22.8 Å². The zero-order chi connectivity index (χ0) is 12.8. The first-order chi connectivity index (χ1) is 9.31. The molecule has 0 radical (unpaired) electrons. The van der Waals surface area contributed by atoms with Gasteiger partial charge in [-0.3, -0.25) is 0 Å². The SMILES string of the molecule is Clc1ccnc2[nH]c(-c3ccc4c(c3)OCO4)cc12. The highest BCUT2D eigenvalue weighted by Gasteiger charge is 2.15. The van der Waals surface area contributed by atoms with E-state index >= 15 is 0 Å². The standard InChI is InChI=1S/C14H9ClN2O2/c15-10-3-4-16-14-9(10)6-11(17-14)8-1-2-12-13(5-8)19-7-18-12/h1-6H,7H2,(H,16,17). The molecule has 0 bridgehead atoms. The summed E-state index contributed by atoms with van der Waals surface area (Å²) in [6.45, 7) is 0.277. The van der Waals surface area contributed by atoms with E-state index in [1.165, 1.54) is 0 Å². The lowest BCUT2D eigenvalue weighted by Crippen LogP contribution is -1.92. The maximum absolute atomic E-state index is 6.15. The average molecular weight is 273 g/mol. The molecule has 0 saturated heterocycles. The largest absolute Gasteiger partial charge is 0.454 e. The lowest BCUT2D eigenvalue weighted by Gasteiger charge is -2.00. The van der Waals surface area contributed by atoms with Crippen molar-refractivity contribution in [2.45, 2.75) is 0 Å². The van der Waals surface area contributed by atoms with Crippen LogP contribution in [-0.2, 0) is 0 Å². The van der Waals surface area contributed by atoms with Crippen LogP contribution < -0.4 is 9.47 Å². The molecule has 3 heterocycles. The Morgan fingerprint density at radius 2 is 2.00 bits per heavy atom. The summed E-state index contributed by atoms with van der Waals surface area (Å²) in [5.41, 5.74) is 2.74. The molecule has 1 aliphatic rings. The van der Waals surface area contributed by atoms with Crippen molar-refractivity contribution in [2.75, 3.05) is 6.79 Å². The third-order valence-corrected chi connectivity index (χ3v) is 3.49. The minimum Gasteiger partial charge on any atom is -0.454 e. The van der Waals surface area contributed by atoms with E-state index in [4.69, 9.17) is 21.1 Å². The van der Waals surface area contributed by atoms with Gasteiger partial charge in [-0.1, -0.05) is 11.6 Å². The number of rotatable bonds is 1. The van der Waals surface area contributed by atoms with Crippen molar-refractivity contribution in [1.82, 2.24) is 9.97 Å². The number of benzene rings is 1. The zero-order valence-corrected chi connectivity index (χ0v) is 10.6. The summed E-state index contributed by atoms with van der Waals surface area (Å²) in [4.78, 5) is 7.52. The van der Waals surface area contributed by atoms with E-state index in [-0.39, 0.29) is 6.79 Å². The fraction of sp³-hybridized carbons (Fsp3) is 0.0714. The van der Waals surface area contributed by atoms with Crippen LogP contribution in [0.15, 0.2) is 36.5 Å². The number of H-pyrrole nitrogens is 1. The predicted molar refractivity (Wildman–Crippen MR) is 72.7 cm³/mol. The third-order valence-electron chi connectivity index (χ3n) is 3.16. The summed E-state index contributed by atoms with van der Waals surface area (Å²) in [6.07, 6.45) is 1.69. The van der Waals surface area contributed by atoms with Crippen LogP contribution in [0.1, 0.15) is 0 Å². The fourth-order valence-corrected chi connectivity index (χ4v) is 2.41. The van der Waals surface area contributed by atoms with Crippen LogP contribution in [0.4, 0.5) is 0 Å². The number of hydrogen-bond donors (Lipinski definition) is 1. The Hall–Kier alpha value is -2.20. The molecule has 0 aliphatic carbocycles. The van der Waals surface area contributed by atoms with Gasteiger partial charge >= 0.3 is 0 Å². The van der Waals surface area contributed by atoms with Crippen LogP contribution in [0, 0.1) is 0 Å². The van der Waals surface area contributed by atoms with Crippen molar-refractivity contribution >= 4 is 22.6 Å². The van der Waals surface area contributed by atoms with Crippen LogP contribution in [0.5, 0.6) is 11.5 Å². The lowest BCUT2D eigenvalue weighted by molar-refractivity contribution is 0.174.